The van der Waals surface area contributed by atoms with Crippen molar-refractivity contribution in [3.63, 3.8) is 0 Å². The highest BCUT2D eigenvalue weighted by Gasteiger charge is 2.23. The molecular weight excluding hydrogens is 448 g/mol. The number of nitrogens with zero attached hydrogens (tertiary/aromatic N) is 2. The number of thiazole rings is 1. The summed E-state index contributed by atoms with van der Waals surface area (Å²) in [4.78, 5) is 30.3. The summed E-state index contributed by atoms with van der Waals surface area (Å²) in [5.41, 5.74) is 3.42. The van der Waals surface area contributed by atoms with E-state index in [4.69, 9.17) is 9.47 Å². The highest BCUT2D eigenvalue weighted by molar-refractivity contribution is 7.16. The fourth-order valence-electron chi connectivity index (χ4n) is 3.67. The third kappa shape index (κ3) is 5.10. The highest BCUT2D eigenvalue weighted by Crippen LogP contribution is 2.27. The Kier molecular flexibility index (Phi) is 7.23. The van der Waals surface area contributed by atoms with Gasteiger partial charge in [0.15, 0.2) is 4.80 Å². The maximum absolute atomic E-state index is 12.9. The molecule has 4 rings (SSSR count). The van der Waals surface area contributed by atoms with Crippen LogP contribution in [0.4, 0.5) is 0 Å². The molecule has 174 valence electrons. The van der Waals surface area contributed by atoms with Crippen LogP contribution in [0.2, 0.25) is 0 Å². The average Bonchev–Trinajstić information content (AvgIpc) is 3.20. The van der Waals surface area contributed by atoms with Crippen molar-refractivity contribution in [1.29, 1.82) is 0 Å². The Morgan fingerprint density at radius 2 is 1.76 bits per heavy atom. The summed E-state index contributed by atoms with van der Waals surface area (Å²) in [6, 6.07) is 22.3. The molecule has 0 saturated carbocycles. The van der Waals surface area contributed by atoms with E-state index in [0.29, 0.717) is 29.1 Å². The number of carbonyl (C=O) groups is 2. The Bertz CT molecular complexity index is 1370. The zero-order valence-electron chi connectivity index (χ0n) is 19.4. The Balaban J connectivity index is 1.77. The summed E-state index contributed by atoms with van der Waals surface area (Å²) in [6.45, 7) is 4.31. The van der Waals surface area contributed by atoms with Crippen LogP contribution < -0.4 is 9.54 Å². The summed E-state index contributed by atoms with van der Waals surface area (Å²) < 4.78 is 13.7. The fourth-order valence-corrected chi connectivity index (χ4v) is 4.77. The summed E-state index contributed by atoms with van der Waals surface area (Å²) in [5.74, 6) is -0.0382. The summed E-state index contributed by atoms with van der Waals surface area (Å²) in [7, 11) is 1.36. The van der Waals surface area contributed by atoms with Gasteiger partial charge in [-0.2, -0.15) is 4.99 Å². The van der Waals surface area contributed by atoms with E-state index in [1.54, 1.807) is 16.7 Å². The monoisotopic (exact) mass is 474 g/mol. The van der Waals surface area contributed by atoms with E-state index >= 15 is 0 Å². The summed E-state index contributed by atoms with van der Waals surface area (Å²) >= 11 is 1.35. The number of ether oxygens (including phenoxy) is 2. The molecule has 0 bridgehead atoms. The fraction of sp³-hybridized carbons (Fsp3) is 0.222. The molecule has 1 amide bonds. The number of rotatable bonds is 7. The van der Waals surface area contributed by atoms with Gasteiger partial charge in [0.25, 0.3) is 5.91 Å². The quantitative estimate of drug-likeness (QED) is 0.334. The molecule has 1 aromatic heterocycles. The normalized spacial score (nSPS) is 12.5. The topological polar surface area (TPSA) is 69.9 Å². The van der Waals surface area contributed by atoms with E-state index in [1.807, 2.05) is 74.5 Å². The van der Waals surface area contributed by atoms with E-state index in [9.17, 15) is 9.59 Å². The first-order valence-corrected chi connectivity index (χ1v) is 11.9. The number of aryl methyl sites for hydroxylation is 1. The van der Waals surface area contributed by atoms with Crippen LogP contribution in [0.1, 0.15) is 40.9 Å². The first-order valence-electron chi connectivity index (χ1n) is 11.1. The molecule has 6 nitrogen and oxygen atoms in total. The van der Waals surface area contributed by atoms with E-state index in [1.165, 1.54) is 18.4 Å². The molecule has 0 radical (unpaired) electrons. The zero-order chi connectivity index (χ0) is 24.1. The van der Waals surface area contributed by atoms with Crippen molar-refractivity contribution in [2.75, 3.05) is 7.11 Å². The number of fused-ring (bicyclic) bond motifs is 1. The predicted octanol–water partition coefficient (Wildman–Crippen LogP) is 5.46. The third-order valence-electron chi connectivity index (χ3n) is 5.51. The van der Waals surface area contributed by atoms with Crippen LogP contribution in [0.25, 0.3) is 10.2 Å². The molecular formula is C27H26N2O4S. The van der Waals surface area contributed by atoms with Gasteiger partial charge in [0, 0.05) is 5.56 Å². The molecule has 1 atom stereocenters. The minimum atomic E-state index is -0.598. The molecule has 1 unspecified atom stereocenters. The van der Waals surface area contributed by atoms with Gasteiger partial charge in [0.05, 0.1) is 17.3 Å². The molecule has 0 aliphatic rings. The largest absolute Gasteiger partial charge is 0.489 e. The number of aromatic nitrogens is 1. The lowest BCUT2D eigenvalue weighted by atomic mass is 10.1. The Morgan fingerprint density at radius 3 is 2.44 bits per heavy atom. The van der Waals surface area contributed by atoms with Crippen molar-refractivity contribution in [2.45, 2.75) is 32.9 Å². The Hall–Kier alpha value is -3.71. The molecule has 3 aromatic carbocycles. The van der Waals surface area contributed by atoms with Crippen LogP contribution in [-0.2, 0) is 16.1 Å². The molecule has 0 aliphatic heterocycles. The molecule has 4 aromatic rings. The summed E-state index contributed by atoms with van der Waals surface area (Å²) in [5, 5.41) is 0. The van der Waals surface area contributed by atoms with Crippen molar-refractivity contribution in [3.05, 3.63) is 94.3 Å². The molecule has 0 aliphatic carbocycles. The molecule has 0 saturated heterocycles. The third-order valence-corrected chi connectivity index (χ3v) is 6.53. The number of carbonyl (C=O) groups excluding carboxylic acids is 2. The average molecular weight is 475 g/mol. The van der Waals surface area contributed by atoms with E-state index in [-0.39, 0.29) is 11.9 Å². The summed E-state index contributed by atoms with van der Waals surface area (Å²) in [6.07, 6.45) is 0.497. The molecule has 34 heavy (non-hydrogen) atoms. The lowest BCUT2D eigenvalue weighted by Crippen LogP contribution is -2.28. The van der Waals surface area contributed by atoms with E-state index in [0.717, 1.165) is 21.3 Å². The molecule has 0 spiro atoms. The standard InChI is InChI=1S/C27H26N2O4S/c1-4-22(26(31)32-3)29-23-15-14-21(33-17-19-8-6-5-7-9-19)16-24(23)34-27(29)28-25(30)20-12-10-18(2)11-13-20/h5-16,22H,4,17H2,1-3H3. The van der Waals surface area contributed by atoms with Gasteiger partial charge in [-0.05, 0) is 49.2 Å². The lowest BCUT2D eigenvalue weighted by molar-refractivity contribution is -0.144. The molecule has 0 N–H and O–H groups in total. The van der Waals surface area contributed by atoms with Gasteiger partial charge in [0.1, 0.15) is 18.4 Å². The Morgan fingerprint density at radius 1 is 1.03 bits per heavy atom. The van der Waals surface area contributed by atoms with Gasteiger partial charge >= 0.3 is 5.97 Å². The number of amides is 1. The van der Waals surface area contributed by atoms with Crippen LogP contribution in [-0.4, -0.2) is 23.6 Å². The van der Waals surface area contributed by atoms with Gasteiger partial charge < -0.3 is 14.0 Å². The van der Waals surface area contributed by atoms with Crippen molar-refractivity contribution in [3.8, 4) is 5.75 Å². The zero-order valence-corrected chi connectivity index (χ0v) is 20.2. The smallest absolute Gasteiger partial charge is 0.328 e. The number of esters is 1. The Labute approximate surface area is 202 Å². The number of benzene rings is 3. The molecule has 7 heteroatoms. The molecule has 1 heterocycles. The number of methoxy groups -OCH3 is 1. The second-order valence-electron chi connectivity index (χ2n) is 7.89. The van der Waals surface area contributed by atoms with Crippen molar-refractivity contribution >= 4 is 33.4 Å². The van der Waals surface area contributed by atoms with Crippen LogP contribution in [0, 0.1) is 6.92 Å². The highest BCUT2D eigenvalue weighted by atomic mass is 32.1. The minimum absolute atomic E-state index is 0.361. The SMILES string of the molecule is CCC(C(=O)OC)n1c(=NC(=O)c2ccc(C)cc2)sc2cc(OCc3ccccc3)ccc21. The predicted molar refractivity (Wildman–Crippen MR) is 133 cm³/mol. The minimum Gasteiger partial charge on any atom is -0.489 e. The second kappa shape index (κ2) is 10.5. The van der Waals surface area contributed by atoms with Gasteiger partial charge in [-0.15, -0.1) is 0 Å². The first kappa shape index (κ1) is 23.4. The second-order valence-corrected chi connectivity index (χ2v) is 8.90. The lowest BCUT2D eigenvalue weighted by Gasteiger charge is -2.16. The van der Waals surface area contributed by atoms with E-state index < -0.39 is 6.04 Å². The van der Waals surface area contributed by atoms with Crippen LogP contribution >= 0.6 is 11.3 Å². The molecule has 0 fully saturated rings. The van der Waals surface area contributed by atoms with Gasteiger partial charge in [-0.1, -0.05) is 66.3 Å². The first-order chi connectivity index (χ1) is 16.5. The van der Waals surface area contributed by atoms with Crippen molar-refractivity contribution in [2.24, 2.45) is 4.99 Å². The maximum Gasteiger partial charge on any atom is 0.328 e. The van der Waals surface area contributed by atoms with Crippen LogP contribution in [0.5, 0.6) is 5.75 Å². The van der Waals surface area contributed by atoms with Gasteiger partial charge in [-0.3, -0.25) is 4.79 Å². The van der Waals surface area contributed by atoms with Gasteiger partial charge in [0.2, 0.25) is 0 Å². The van der Waals surface area contributed by atoms with Gasteiger partial charge in [-0.25, -0.2) is 4.79 Å². The van der Waals surface area contributed by atoms with E-state index in [2.05, 4.69) is 4.99 Å². The number of hydrogen-bond acceptors (Lipinski definition) is 5. The van der Waals surface area contributed by atoms with Crippen LogP contribution in [0.3, 0.4) is 0 Å². The van der Waals surface area contributed by atoms with Crippen molar-refractivity contribution < 1.29 is 19.1 Å². The van der Waals surface area contributed by atoms with Crippen molar-refractivity contribution in [1.82, 2.24) is 4.57 Å². The van der Waals surface area contributed by atoms with Crippen LogP contribution in [0.15, 0.2) is 77.8 Å². The maximum atomic E-state index is 12.9. The number of hydrogen-bond donors (Lipinski definition) is 0.